The van der Waals surface area contributed by atoms with Crippen LogP contribution in [0.1, 0.15) is 69.1 Å². The van der Waals surface area contributed by atoms with E-state index in [-0.39, 0.29) is 6.10 Å². The zero-order chi connectivity index (χ0) is 24.6. The highest BCUT2D eigenvalue weighted by Gasteiger charge is 2.38. The van der Waals surface area contributed by atoms with Crippen LogP contribution in [-0.2, 0) is 19.8 Å². The lowest BCUT2D eigenvalue weighted by molar-refractivity contribution is -0.0923. The average Bonchev–Trinajstić information content (AvgIpc) is 2.92. The minimum absolute atomic E-state index is 0.121. The van der Waals surface area contributed by atoms with Gasteiger partial charge >= 0.3 is 0 Å². The van der Waals surface area contributed by atoms with Crippen LogP contribution in [0.3, 0.4) is 0 Å². The summed E-state index contributed by atoms with van der Waals surface area (Å²) in [4.78, 5) is 0. The zero-order valence-electron chi connectivity index (χ0n) is 21.5. The van der Waals surface area contributed by atoms with Gasteiger partial charge in [0.15, 0.2) is 0 Å². The lowest BCUT2D eigenvalue weighted by Crippen LogP contribution is -2.37. The molecule has 0 aliphatic rings. The van der Waals surface area contributed by atoms with Crippen molar-refractivity contribution in [3.8, 4) is 0 Å². The van der Waals surface area contributed by atoms with Gasteiger partial charge in [-0.3, -0.25) is 0 Å². The van der Waals surface area contributed by atoms with E-state index in [1.165, 1.54) is 25.7 Å². The van der Waals surface area contributed by atoms with Crippen LogP contribution in [0.25, 0.3) is 0 Å². The molecule has 3 heteroatoms. The molecule has 0 saturated heterocycles. The molecule has 0 aliphatic heterocycles. The van der Waals surface area contributed by atoms with Gasteiger partial charge in [0.1, 0.15) is 11.7 Å². The predicted molar refractivity (Wildman–Crippen MR) is 145 cm³/mol. The molecule has 3 nitrogen and oxygen atoms in total. The summed E-state index contributed by atoms with van der Waals surface area (Å²) in [7, 11) is 0. The van der Waals surface area contributed by atoms with Crippen LogP contribution in [0, 0.1) is 0 Å². The van der Waals surface area contributed by atoms with Crippen molar-refractivity contribution in [3.05, 3.63) is 108 Å². The van der Waals surface area contributed by atoms with Gasteiger partial charge in [0.2, 0.25) is 0 Å². The van der Waals surface area contributed by atoms with Crippen molar-refractivity contribution < 1.29 is 14.2 Å². The predicted octanol–water partition coefficient (Wildman–Crippen LogP) is 7.78. The van der Waals surface area contributed by atoms with Crippen molar-refractivity contribution in [2.45, 2.75) is 64.1 Å². The largest absolute Gasteiger partial charge is 0.379 e. The third-order valence-electron chi connectivity index (χ3n) is 6.32. The Kier molecular flexibility index (Phi) is 12.0. The van der Waals surface area contributed by atoms with Crippen molar-refractivity contribution >= 4 is 0 Å². The number of rotatable bonds is 17. The standard InChI is InChI=1S/C32H42O3/c1-3-5-16-24-33-26-31(34-25-17-6-4-2)27-35-32(28-18-10-7-11-19-28,29-20-12-8-13-21-29)30-22-14-9-15-23-30/h7-15,18-23,31H,3-6,16-17,24-27H2,1-2H3. The molecule has 1 unspecified atom stereocenters. The molecular formula is C32H42O3. The summed E-state index contributed by atoms with van der Waals surface area (Å²) in [5, 5.41) is 0. The fraction of sp³-hybridized carbons (Fsp3) is 0.438. The van der Waals surface area contributed by atoms with Gasteiger partial charge in [0, 0.05) is 13.2 Å². The number of benzene rings is 3. The van der Waals surface area contributed by atoms with Crippen LogP contribution >= 0.6 is 0 Å². The molecule has 3 rings (SSSR count). The molecule has 3 aromatic rings. The topological polar surface area (TPSA) is 27.7 Å². The first-order valence-electron chi connectivity index (χ1n) is 13.3. The Morgan fingerprint density at radius 2 is 1.03 bits per heavy atom. The van der Waals surface area contributed by atoms with E-state index in [4.69, 9.17) is 14.2 Å². The van der Waals surface area contributed by atoms with Gasteiger partial charge < -0.3 is 14.2 Å². The van der Waals surface area contributed by atoms with Crippen LogP contribution < -0.4 is 0 Å². The highest BCUT2D eigenvalue weighted by molar-refractivity contribution is 5.47. The van der Waals surface area contributed by atoms with Crippen LogP contribution in [0.2, 0.25) is 0 Å². The second-order valence-corrected chi connectivity index (χ2v) is 9.07. The Bertz CT molecular complexity index is 815. The monoisotopic (exact) mass is 474 g/mol. The highest BCUT2D eigenvalue weighted by atomic mass is 16.6. The Balaban J connectivity index is 1.88. The molecule has 3 aromatic carbocycles. The van der Waals surface area contributed by atoms with Gasteiger partial charge in [0.25, 0.3) is 0 Å². The second-order valence-electron chi connectivity index (χ2n) is 9.07. The van der Waals surface area contributed by atoms with Crippen LogP contribution in [0.5, 0.6) is 0 Å². The van der Waals surface area contributed by atoms with Crippen molar-refractivity contribution in [3.63, 3.8) is 0 Å². The van der Waals surface area contributed by atoms with E-state index in [9.17, 15) is 0 Å². The van der Waals surface area contributed by atoms with Gasteiger partial charge in [-0.25, -0.2) is 0 Å². The molecule has 0 amide bonds. The summed E-state index contributed by atoms with van der Waals surface area (Å²) < 4.78 is 19.3. The lowest BCUT2D eigenvalue weighted by Gasteiger charge is -2.37. The zero-order valence-corrected chi connectivity index (χ0v) is 21.5. The number of ether oxygens (including phenoxy) is 3. The van der Waals surface area contributed by atoms with Crippen molar-refractivity contribution in [2.75, 3.05) is 26.4 Å². The molecule has 1 atom stereocenters. The minimum Gasteiger partial charge on any atom is -0.379 e. The molecule has 0 aromatic heterocycles. The number of hydrogen-bond acceptors (Lipinski definition) is 3. The van der Waals surface area contributed by atoms with E-state index in [0.29, 0.717) is 13.2 Å². The first-order chi connectivity index (χ1) is 17.3. The van der Waals surface area contributed by atoms with Gasteiger partial charge in [-0.15, -0.1) is 0 Å². The summed E-state index contributed by atoms with van der Waals surface area (Å²) in [6.07, 6.45) is 6.76. The Hall–Kier alpha value is -2.46. The van der Waals surface area contributed by atoms with E-state index < -0.39 is 5.60 Å². The quantitative estimate of drug-likeness (QED) is 0.148. The Morgan fingerprint density at radius 1 is 0.571 bits per heavy atom. The lowest BCUT2D eigenvalue weighted by atomic mass is 9.80. The molecule has 35 heavy (non-hydrogen) atoms. The summed E-state index contributed by atoms with van der Waals surface area (Å²) in [5.41, 5.74) is 2.57. The van der Waals surface area contributed by atoms with Gasteiger partial charge in [0.05, 0.1) is 13.2 Å². The second kappa shape index (κ2) is 15.5. The molecule has 0 fully saturated rings. The molecule has 188 valence electrons. The molecule has 0 radical (unpaired) electrons. The summed E-state index contributed by atoms with van der Waals surface area (Å²) in [6.45, 7) is 6.91. The number of hydrogen-bond donors (Lipinski definition) is 0. The maximum absolute atomic E-state index is 6.98. The maximum atomic E-state index is 6.98. The average molecular weight is 475 g/mol. The van der Waals surface area contributed by atoms with E-state index in [0.717, 1.165) is 42.7 Å². The molecule has 0 saturated carbocycles. The van der Waals surface area contributed by atoms with E-state index in [1.54, 1.807) is 0 Å². The first-order valence-corrected chi connectivity index (χ1v) is 13.3. The van der Waals surface area contributed by atoms with Crippen LogP contribution in [0.4, 0.5) is 0 Å². The molecular weight excluding hydrogens is 432 g/mol. The molecule has 0 bridgehead atoms. The Morgan fingerprint density at radius 3 is 1.49 bits per heavy atom. The smallest absolute Gasteiger partial charge is 0.143 e. The fourth-order valence-electron chi connectivity index (χ4n) is 4.40. The third kappa shape index (κ3) is 8.03. The summed E-state index contributed by atoms with van der Waals surface area (Å²) >= 11 is 0. The number of unbranched alkanes of at least 4 members (excludes halogenated alkanes) is 4. The molecule has 0 aliphatic carbocycles. The van der Waals surface area contributed by atoms with Gasteiger partial charge in [-0.2, -0.15) is 0 Å². The van der Waals surface area contributed by atoms with Gasteiger partial charge in [-0.05, 0) is 29.5 Å². The van der Waals surface area contributed by atoms with Crippen molar-refractivity contribution in [1.82, 2.24) is 0 Å². The van der Waals surface area contributed by atoms with E-state index in [2.05, 4.69) is 86.6 Å². The van der Waals surface area contributed by atoms with Crippen molar-refractivity contribution in [2.24, 2.45) is 0 Å². The van der Waals surface area contributed by atoms with Crippen LogP contribution in [0.15, 0.2) is 91.0 Å². The summed E-state index contributed by atoms with van der Waals surface area (Å²) in [5.74, 6) is 0. The van der Waals surface area contributed by atoms with Crippen LogP contribution in [-0.4, -0.2) is 32.5 Å². The Labute approximate surface area is 212 Å². The normalized spacial score (nSPS) is 12.5. The SMILES string of the molecule is CCCCCOCC(COC(c1ccccc1)(c1ccccc1)c1ccccc1)OCCCCC. The fourth-order valence-corrected chi connectivity index (χ4v) is 4.40. The minimum atomic E-state index is -0.739. The highest BCUT2D eigenvalue weighted by Crippen LogP contribution is 2.40. The van der Waals surface area contributed by atoms with Crippen molar-refractivity contribution in [1.29, 1.82) is 0 Å². The summed E-state index contributed by atoms with van der Waals surface area (Å²) in [6, 6.07) is 31.5. The first kappa shape index (κ1) is 27.1. The molecule has 0 spiro atoms. The molecule has 0 heterocycles. The van der Waals surface area contributed by atoms with E-state index >= 15 is 0 Å². The molecule has 0 N–H and O–H groups in total. The van der Waals surface area contributed by atoms with E-state index in [1.807, 2.05) is 18.2 Å². The third-order valence-corrected chi connectivity index (χ3v) is 6.32. The maximum Gasteiger partial charge on any atom is 0.143 e. The van der Waals surface area contributed by atoms with Gasteiger partial charge in [-0.1, -0.05) is 131 Å².